The van der Waals surface area contributed by atoms with E-state index in [9.17, 15) is 22.8 Å². The predicted octanol–water partition coefficient (Wildman–Crippen LogP) is 0.489. The van der Waals surface area contributed by atoms with Crippen LogP contribution in [0.5, 0.6) is 0 Å². The Morgan fingerprint density at radius 2 is 1.92 bits per heavy atom. The highest BCUT2D eigenvalue weighted by atomic mass is 32.2. The summed E-state index contributed by atoms with van der Waals surface area (Å²) in [5.74, 6) is -1.90. The van der Waals surface area contributed by atoms with Crippen molar-refractivity contribution in [1.29, 1.82) is 0 Å². The Labute approximate surface area is 140 Å². The zero-order valence-corrected chi connectivity index (χ0v) is 14.5. The highest BCUT2D eigenvalue weighted by molar-refractivity contribution is 7.89. The minimum atomic E-state index is -3.86. The van der Waals surface area contributed by atoms with Crippen molar-refractivity contribution in [3.8, 4) is 0 Å². The molecule has 0 radical (unpaired) electrons. The van der Waals surface area contributed by atoms with Gasteiger partial charge in [0.2, 0.25) is 15.9 Å². The number of likely N-dealkylation sites (N-methyl/N-ethyl adjacent to an activating group) is 1. The fraction of sp³-hybridized carbons (Fsp3) is 0.400. The number of carboxylic acid groups (broad SMARTS) is 1. The quantitative estimate of drug-likeness (QED) is 0.654. The second-order valence-corrected chi connectivity index (χ2v) is 7.02. The first-order valence-electron chi connectivity index (χ1n) is 7.15. The van der Waals surface area contributed by atoms with Crippen LogP contribution in [0.1, 0.15) is 30.6 Å². The van der Waals surface area contributed by atoms with Crippen LogP contribution in [0.25, 0.3) is 0 Å². The van der Waals surface area contributed by atoms with Gasteiger partial charge in [-0.3, -0.25) is 9.59 Å². The Hall–Kier alpha value is -2.26. The molecule has 1 unspecified atom stereocenters. The average molecular weight is 356 g/mol. The number of nitrogens with zero attached hydrogens (tertiary/aromatic N) is 1. The molecule has 1 aromatic carbocycles. The lowest BCUT2D eigenvalue weighted by atomic mass is 10.2. The van der Waals surface area contributed by atoms with Crippen LogP contribution in [0, 0.1) is 0 Å². The van der Waals surface area contributed by atoms with Crippen molar-refractivity contribution >= 4 is 27.7 Å². The summed E-state index contributed by atoms with van der Waals surface area (Å²) in [5, 5.41) is 8.84. The number of aliphatic carboxylic acids is 1. The van der Waals surface area contributed by atoms with Crippen LogP contribution >= 0.6 is 0 Å². The Kier molecular flexibility index (Phi) is 6.61. The number of ketones is 1. The third kappa shape index (κ3) is 5.14. The average Bonchev–Trinajstić information content (AvgIpc) is 2.53. The lowest BCUT2D eigenvalue weighted by Crippen LogP contribution is -2.41. The van der Waals surface area contributed by atoms with E-state index in [1.54, 1.807) is 0 Å². The maximum Gasteiger partial charge on any atom is 0.326 e. The van der Waals surface area contributed by atoms with Gasteiger partial charge in [-0.15, -0.1) is 0 Å². The van der Waals surface area contributed by atoms with Crippen molar-refractivity contribution in [3.63, 3.8) is 0 Å². The third-order valence-corrected chi connectivity index (χ3v) is 4.97. The molecule has 0 bridgehead atoms. The molecule has 0 heterocycles. The zero-order chi connectivity index (χ0) is 18.5. The van der Waals surface area contributed by atoms with Gasteiger partial charge in [-0.2, -0.15) is 0 Å². The van der Waals surface area contributed by atoms with E-state index in [0.717, 1.165) is 4.90 Å². The zero-order valence-electron chi connectivity index (χ0n) is 13.6. The normalized spacial score (nSPS) is 12.5. The molecule has 2 N–H and O–H groups in total. The summed E-state index contributed by atoms with van der Waals surface area (Å²) in [7, 11) is -2.52. The van der Waals surface area contributed by atoms with Crippen LogP contribution in [0.3, 0.4) is 0 Å². The minimum absolute atomic E-state index is 0.0742. The number of rotatable bonds is 8. The Bertz CT molecular complexity index is 744. The van der Waals surface area contributed by atoms with Crippen molar-refractivity contribution < 1.29 is 27.9 Å². The van der Waals surface area contributed by atoms with Crippen molar-refractivity contribution in [2.75, 3.05) is 13.6 Å². The maximum absolute atomic E-state index is 12.2. The maximum atomic E-state index is 12.2. The van der Waals surface area contributed by atoms with Crippen molar-refractivity contribution in [2.24, 2.45) is 0 Å². The standard InChI is InChI=1S/C15H20N2O6S/c1-10(15(20)21)17(3)14(19)7-8-16-24(22,23)13-6-4-5-12(9-13)11(2)18/h4-6,9-10,16H,7-8H2,1-3H3,(H,20,21). The largest absolute Gasteiger partial charge is 0.480 e. The van der Waals surface area contributed by atoms with Crippen molar-refractivity contribution in [3.05, 3.63) is 29.8 Å². The topological polar surface area (TPSA) is 121 Å². The molecule has 1 atom stereocenters. The first-order chi connectivity index (χ1) is 11.1. The number of sulfonamides is 1. The summed E-state index contributed by atoms with van der Waals surface area (Å²) in [5.41, 5.74) is 0.268. The van der Waals surface area contributed by atoms with Crippen molar-refractivity contribution in [2.45, 2.75) is 31.2 Å². The van der Waals surface area contributed by atoms with E-state index < -0.39 is 27.9 Å². The second kappa shape index (κ2) is 8.02. The summed E-state index contributed by atoms with van der Waals surface area (Å²) in [6.07, 6.45) is -0.181. The molecule has 9 heteroatoms. The molecule has 8 nitrogen and oxygen atoms in total. The van der Waals surface area contributed by atoms with Gasteiger partial charge >= 0.3 is 5.97 Å². The molecule has 0 saturated heterocycles. The predicted molar refractivity (Wildman–Crippen MR) is 86.1 cm³/mol. The lowest BCUT2D eigenvalue weighted by Gasteiger charge is -2.21. The van der Waals surface area contributed by atoms with Gasteiger partial charge < -0.3 is 10.0 Å². The molecule has 1 aromatic rings. The monoisotopic (exact) mass is 356 g/mol. The Morgan fingerprint density at radius 1 is 1.29 bits per heavy atom. The molecule has 1 amide bonds. The number of nitrogens with one attached hydrogen (secondary N) is 1. The summed E-state index contributed by atoms with van der Waals surface area (Å²) in [6, 6.07) is 4.56. The molecule has 24 heavy (non-hydrogen) atoms. The lowest BCUT2D eigenvalue weighted by molar-refractivity contribution is -0.148. The molecule has 0 spiro atoms. The van der Waals surface area contributed by atoms with Crippen LogP contribution in [0.4, 0.5) is 0 Å². The number of benzene rings is 1. The second-order valence-electron chi connectivity index (χ2n) is 5.25. The van der Waals surface area contributed by atoms with Crippen LogP contribution in [0.2, 0.25) is 0 Å². The summed E-state index contributed by atoms with van der Waals surface area (Å²) >= 11 is 0. The van der Waals surface area contributed by atoms with Gasteiger partial charge in [0.05, 0.1) is 4.90 Å². The minimum Gasteiger partial charge on any atom is -0.480 e. The summed E-state index contributed by atoms with van der Waals surface area (Å²) in [6.45, 7) is 2.51. The SMILES string of the molecule is CC(=O)c1cccc(S(=O)(=O)NCCC(=O)N(C)C(C)C(=O)O)c1. The van der Waals surface area contributed by atoms with Crippen LogP contribution in [0.15, 0.2) is 29.2 Å². The fourth-order valence-corrected chi connectivity index (χ4v) is 2.89. The van der Waals surface area contributed by atoms with Crippen LogP contribution < -0.4 is 4.72 Å². The van der Waals surface area contributed by atoms with Gasteiger partial charge in [0.15, 0.2) is 5.78 Å². The van der Waals surface area contributed by atoms with E-state index in [2.05, 4.69) is 4.72 Å². The molecule has 0 fully saturated rings. The number of hydrogen-bond donors (Lipinski definition) is 2. The summed E-state index contributed by atoms with van der Waals surface area (Å²) < 4.78 is 26.6. The molecule has 0 aliphatic rings. The molecule has 0 saturated carbocycles. The highest BCUT2D eigenvalue weighted by Crippen LogP contribution is 2.12. The molecule has 0 aliphatic carbocycles. The number of amides is 1. The van der Waals surface area contributed by atoms with Gasteiger partial charge in [0.1, 0.15) is 6.04 Å². The van der Waals surface area contributed by atoms with Gasteiger partial charge in [0.25, 0.3) is 0 Å². The van der Waals surface area contributed by atoms with E-state index in [-0.39, 0.29) is 29.2 Å². The Morgan fingerprint density at radius 3 is 2.46 bits per heavy atom. The molecule has 132 valence electrons. The number of carboxylic acids is 1. The molecule has 0 aliphatic heterocycles. The Balaban J connectivity index is 2.70. The highest BCUT2D eigenvalue weighted by Gasteiger charge is 2.22. The van der Waals surface area contributed by atoms with E-state index >= 15 is 0 Å². The van der Waals surface area contributed by atoms with Crippen LogP contribution in [-0.4, -0.2) is 55.7 Å². The number of carbonyl (C=O) groups is 3. The molecule has 0 aromatic heterocycles. The van der Waals surface area contributed by atoms with Gasteiger partial charge in [-0.05, 0) is 26.0 Å². The first-order valence-corrected chi connectivity index (χ1v) is 8.63. The van der Waals surface area contributed by atoms with Gasteiger partial charge in [-0.1, -0.05) is 12.1 Å². The number of carbonyl (C=O) groups excluding carboxylic acids is 2. The van der Waals surface area contributed by atoms with E-state index in [1.807, 2.05) is 0 Å². The van der Waals surface area contributed by atoms with E-state index in [0.29, 0.717) is 0 Å². The van der Waals surface area contributed by atoms with Gasteiger partial charge in [0, 0.05) is 25.6 Å². The molecular formula is C15H20N2O6S. The third-order valence-electron chi connectivity index (χ3n) is 3.51. The van der Waals surface area contributed by atoms with E-state index in [4.69, 9.17) is 5.11 Å². The number of hydrogen-bond acceptors (Lipinski definition) is 5. The first kappa shape index (κ1) is 19.8. The molecular weight excluding hydrogens is 336 g/mol. The van der Waals surface area contributed by atoms with Crippen molar-refractivity contribution in [1.82, 2.24) is 9.62 Å². The van der Waals surface area contributed by atoms with E-state index in [1.165, 1.54) is 45.2 Å². The van der Waals surface area contributed by atoms with Crippen LogP contribution in [-0.2, 0) is 19.6 Å². The molecule has 1 rings (SSSR count). The summed E-state index contributed by atoms with van der Waals surface area (Å²) in [4.78, 5) is 34.9. The fourth-order valence-electron chi connectivity index (χ4n) is 1.82. The smallest absolute Gasteiger partial charge is 0.326 e. The van der Waals surface area contributed by atoms with Gasteiger partial charge in [-0.25, -0.2) is 17.9 Å². The number of Topliss-reactive ketones (excluding diaryl/α,β-unsaturated/α-hetero) is 1.